The van der Waals surface area contributed by atoms with Crippen LogP contribution in [0.15, 0.2) is 87.2 Å². The van der Waals surface area contributed by atoms with Crippen LogP contribution in [0.3, 0.4) is 0 Å². The number of rotatable bonds is 9. The summed E-state index contributed by atoms with van der Waals surface area (Å²) < 4.78 is 18.0. The third kappa shape index (κ3) is 6.23. The molecule has 6 rings (SSSR count). The minimum Gasteiger partial charge on any atom is -0.493 e. The van der Waals surface area contributed by atoms with Gasteiger partial charge >= 0.3 is 0 Å². The number of benzene rings is 3. The molecule has 3 aromatic carbocycles. The zero-order valence-electron chi connectivity index (χ0n) is 20.8. The molecule has 2 aliphatic rings. The molecule has 0 aliphatic carbocycles. The first-order valence-corrected chi connectivity index (χ1v) is 12.4. The molecule has 0 unspecified atom stereocenters. The Morgan fingerprint density at radius 2 is 1.37 bits per heavy atom. The number of fused-ring (bicyclic) bond motifs is 1. The lowest BCUT2D eigenvalue weighted by Gasteiger charge is -2.09. The third-order valence-corrected chi connectivity index (χ3v) is 6.21. The first kappa shape index (κ1) is 27.4. The molecule has 0 fully saturated rings. The number of amidine groups is 2. The molecule has 0 saturated carbocycles. The first-order chi connectivity index (χ1) is 17.8. The van der Waals surface area contributed by atoms with Crippen LogP contribution in [0.25, 0.3) is 22.3 Å². The van der Waals surface area contributed by atoms with E-state index in [1.807, 2.05) is 54.6 Å². The average Bonchev–Trinajstić information content (AvgIpc) is 3.70. The largest absolute Gasteiger partial charge is 0.493 e. The maximum absolute atomic E-state index is 6.17. The molecule has 0 bridgehead atoms. The van der Waals surface area contributed by atoms with Gasteiger partial charge in [0.25, 0.3) is 0 Å². The monoisotopic (exact) mass is 552 g/mol. The van der Waals surface area contributed by atoms with Crippen LogP contribution in [0.4, 0.5) is 0 Å². The highest BCUT2D eigenvalue weighted by atomic mass is 35.5. The highest BCUT2D eigenvalue weighted by Crippen LogP contribution is 2.30. The van der Waals surface area contributed by atoms with Gasteiger partial charge in [-0.3, -0.25) is 9.98 Å². The van der Waals surface area contributed by atoms with E-state index in [0.717, 1.165) is 89.2 Å². The smallest absolute Gasteiger partial charge is 0.135 e. The van der Waals surface area contributed by atoms with Crippen molar-refractivity contribution in [1.82, 2.24) is 10.6 Å². The van der Waals surface area contributed by atoms with E-state index in [9.17, 15) is 0 Å². The van der Waals surface area contributed by atoms with Crippen LogP contribution in [0, 0.1) is 0 Å². The second-order valence-corrected chi connectivity index (χ2v) is 8.78. The second-order valence-electron chi connectivity index (χ2n) is 8.78. The number of nitrogens with one attached hydrogen (secondary N) is 2. The Hall–Kier alpha value is -3.68. The predicted molar refractivity (Wildman–Crippen MR) is 157 cm³/mol. The lowest BCUT2D eigenvalue weighted by molar-refractivity contribution is 0.247. The quantitative estimate of drug-likeness (QED) is 0.268. The molecule has 2 aliphatic heterocycles. The van der Waals surface area contributed by atoms with E-state index in [1.54, 1.807) is 0 Å². The maximum atomic E-state index is 6.17. The van der Waals surface area contributed by atoms with Crippen molar-refractivity contribution < 1.29 is 13.9 Å². The van der Waals surface area contributed by atoms with E-state index in [0.29, 0.717) is 13.2 Å². The van der Waals surface area contributed by atoms with Gasteiger partial charge in [-0.05, 0) is 48.5 Å². The number of ether oxygens (including phenoxy) is 2. The Labute approximate surface area is 234 Å². The Bertz CT molecular complexity index is 1430. The summed E-state index contributed by atoms with van der Waals surface area (Å²) in [7, 11) is 0. The summed E-state index contributed by atoms with van der Waals surface area (Å²) in [6.07, 6.45) is 0.783. The van der Waals surface area contributed by atoms with E-state index in [4.69, 9.17) is 13.9 Å². The lowest BCUT2D eigenvalue weighted by Crippen LogP contribution is -2.19. The zero-order chi connectivity index (χ0) is 24.2. The molecule has 7 nitrogen and oxygen atoms in total. The van der Waals surface area contributed by atoms with E-state index in [-0.39, 0.29) is 24.8 Å². The van der Waals surface area contributed by atoms with Crippen LogP contribution in [0.5, 0.6) is 11.5 Å². The van der Waals surface area contributed by atoms with Crippen LogP contribution >= 0.6 is 24.8 Å². The summed E-state index contributed by atoms with van der Waals surface area (Å²) in [5.74, 6) is 4.37. The Morgan fingerprint density at radius 1 is 0.684 bits per heavy atom. The van der Waals surface area contributed by atoms with E-state index < -0.39 is 0 Å². The molecule has 0 saturated heterocycles. The molecule has 0 spiro atoms. The standard InChI is InChI=1S/C29H28N4O3.2ClH/c1-3-21(26-18-22-5-6-23(19-27(22)36-26)29-32-13-14-33-29)17-25(4-1)35-16-2-15-34-24-9-7-20(8-10-24)28-30-11-12-31-28;;/h1,3-10,17-19H,2,11-16H2,(H,30,31)(H,32,33);2*1H. The minimum atomic E-state index is 0. The Morgan fingerprint density at radius 3 is 2.08 bits per heavy atom. The highest BCUT2D eigenvalue weighted by molar-refractivity contribution is 6.02. The Balaban J connectivity index is 0.00000168. The van der Waals surface area contributed by atoms with Crippen molar-refractivity contribution in [3.8, 4) is 22.8 Å². The predicted octanol–water partition coefficient (Wildman–Crippen LogP) is 5.49. The van der Waals surface area contributed by atoms with Gasteiger partial charge in [0, 0.05) is 41.6 Å². The van der Waals surface area contributed by atoms with Crippen molar-refractivity contribution >= 4 is 47.5 Å². The van der Waals surface area contributed by atoms with E-state index in [2.05, 4.69) is 38.8 Å². The number of halogens is 2. The van der Waals surface area contributed by atoms with Gasteiger partial charge in [0.2, 0.25) is 0 Å². The van der Waals surface area contributed by atoms with Crippen molar-refractivity contribution in [3.63, 3.8) is 0 Å². The number of aliphatic imine (C=N–C) groups is 2. The summed E-state index contributed by atoms with van der Waals surface area (Å²) in [6, 6.07) is 24.3. The number of furan rings is 1. The van der Waals surface area contributed by atoms with Crippen molar-refractivity contribution in [2.24, 2.45) is 9.98 Å². The molecule has 1 aromatic heterocycles. The van der Waals surface area contributed by atoms with E-state index in [1.165, 1.54) is 0 Å². The first-order valence-electron chi connectivity index (χ1n) is 12.4. The van der Waals surface area contributed by atoms with E-state index >= 15 is 0 Å². The summed E-state index contributed by atoms with van der Waals surface area (Å²) in [4.78, 5) is 8.94. The topological polar surface area (TPSA) is 80.4 Å². The molecule has 0 radical (unpaired) electrons. The van der Waals surface area contributed by atoms with Gasteiger partial charge in [-0.2, -0.15) is 0 Å². The Kier molecular flexibility index (Phi) is 9.15. The van der Waals surface area contributed by atoms with Crippen LogP contribution in [-0.4, -0.2) is 51.1 Å². The molecule has 9 heteroatoms. The van der Waals surface area contributed by atoms with Gasteiger partial charge < -0.3 is 24.5 Å². The van der Waals surface area contributed by atoms with Gasteiger partial charge in [-0.25, -0.2) is 0 Å². The van der Waals surface area contributed by atoms with Gasteiger partial charge in [-0.1, -0.05) is 24.3 Å². The van der Waals surface area contributed by atoms with Crippen LogP contribution in [0.2, 0.25) is 0 Å². The van der Waals surface area contributed by atoms with Gasteiger partial charge in [0.1, 0.15) is 34.5 Å². The molecule has 4 aromatic rings. The second kappa shape index (κ2) is 12.7. The summed E-state index contributed by atoms with van der Waals surface area (Å²) in [5, 5.41) is 7.66. The summed E-state index contributed by atoms with van der Waals surface area (Å²) in [5.41, 5.74) is 3.98. The fourth-order valence-electron chi connectivity index (χ4n) is 4.39. The molecule has 2 N–H and O–H groups in total. The molecule has 38 heavy (non-hydrogen) atoms. The van der Waals surface area contributed by atoms with Gasteiger partial charge in [0.15, 0.2) is 0 Å². The zero-order valence-corrected chi connectivity index (χ0v) is 22.4. The highest BCUT2D eigenvalue weighted by Gasteiger charge is 2.12. The van der Waals surface area contributed by atoms with Crippen molar-refractivity contribution in [2.75, 3.05) is 39.4 Å². The molecule has 0 atom stereocenters. The molecular formula is C29H30Cl2N4O3. The maximum Gasteiger partial charge on any atom is 0.135 e. The molecule has 3 heterocycles. The van der Waals surface area contributed by atoms with Crippen molar-refractivity contribution in [3.05, 3.63) is 83.9 Å². The minimum absolute atomic E-state index is 0. The molecule has 198 valence electrons. The normalized spacial score (nSPS) is 14.0. The fourth-order valence-corrected chi connectivity index (χ4v) is 4.39. The van der Waals surface area contributed by atoms with Crippen molar-refractivity contribution in [1.29, 1.82) is 0 Å². The number of hydrogen-bond donors (Lipinski definition) is 2. The average molecular weight is 553 g/mol. The third-order valence-electron chi connectivity index (χ3n) is 6.21. The SMILES string of the molecule is Cl.Cl.c1cc(OCCCOc2ccc(C3=NCCN3)cc2)cc(-c2cc3ccc(C4=NCCN4)cc3o2)c1. The van der Waals surface area contributed by atoms with Crippen LogP contribution in [-0.2, 0) is 0 Å². The lowest BCUT2D eigenvalue weighted by atomic mass is 10.1. The fraction of sp³-hybridized carbons (Fsp3) is 0.241. The molecular weight excluding hydrogens is 523 g/mol. The molecule has 0 amide bonds. The van der Waals surface area contributed by atoms with Gasteiger partial charge in [-0.15, -0.1) is 24.8 Å². The summed E-state index contributed by atoms with van der Waals surface area (Å²) >= 11 is 0. The van der Waals surface area contributed by atoms with Crippen LogP contribution in [0.1, 0.15) is 17.5 Å². The van der Waals surface area contributed by atoms with Crippen molar-refractivity contribution in [2.45, 2.75) is 6.42 Å². The number of nitrogens with zero attached hydrogens (tertiary/aromatic N) is 2. The van der Waals surface area contributed by atoms with Crippen LogP contribution < -0.4 is 20.1 Å². The number of hydrogen-bond acceptors (Lipinski definition) is 7. The summed E-state index contributed by atoms with van der Waals surface area (Å²) in [6.45, 7) is 4.60. The van der Waals surface area contributed by atoms with Gasteiger partial charge in [0.05, 0.1) is 26.3 Å².